The van der Waals surface area contributed by atoms with Crippen LogP contribution in [-0.4, -0.2) is 52.4 Å². The molecule has 0 bridgehead atoms. The van der Waals surface area contributed by atoms with Crippen molar-refractivity contribution in [3.8, 4) is 0 Å². The van der Waals surface area contributed by atoms with Crippen LogP contribution in [0.1, 0.15) is 34.0 Å². The van der Waals surface area contributed by atoms with Crippen molar-refractivity contribution in [3.05, 3.63) is 65.5 Å². The highest BCUT2D eigenvalue weighted by molar-refractivity contribution is 6.00. The maximum Gasteiger partial charge on any atom is 0.304 e. The summed E-state index contributed by atoms with van der Waals surface area (Å²) in [5.74, 6) is -2.41. The van der Waals surface area contributed by atoms with E-state index in [9.17, 15) is 19.5 Å². The van der Waals surface area contributed by atoms with Crippen molar-refractivity contribution < 1.29 is 19.5 Å². The number of nitrogens with one attached hydrogen (secondary N) is 1. The lowest BCUT2D eigenvalue weighted by Gasteiger charge is -2.38. The van der Waals surface area contributed by atoms with Crippen LogP contribution < -0.4 is 5.32 Å². The van der Waals surface area contributed by atoms with Gasteiger partial charge in [-0.05, 0) is 23.6 Å². The summed E-state index contributed by atoms with van der Waals surface area (Å²) in [4.78, 5) is 42.2. The van der Waals surface area contributed by atoms with Gasteiger partial charge in [-0.3, -0.25) is 19.4 Å². The lowest BCUT2D eigenvalue weighted by atomic mass is 9.82. The smallest absolute Gasteiger partial charge is 0.304 e. The van der Waals surface area contributed by atoms with Gasteiger partial charge in [-0.15, -0.1) is 0 Å². The Labute approximate surface area is 157 Å². The number of pyridine rings is 1. The molecule has 1 aliphatic heterocycles. The first-order valence-corrected chi connectivity index (χ1v) is 8.74. The van der Waals surface area contributed by atoms with Crippen LogP contribution in [0.15, 0.2) is 48.7 Å². The fourth-order valence-corrected chi connectivity index (χ4v) is 3.48. The molecule has 2 amide bonds. The Bertz CT molecular complexity index is 853. The van der Waals surface area contributed by atoms with E-state index in [1.165, 1.54) is 18.1 Å². The van der Waals surface area contributed by atoms with Crippen LogP contribution in [0.4, 0.5) is 0 Å². The van der Waals surface area contributed by atoms with E-state index in [-0.39, 0.29) is 23.9 Å². The van der Waals surface area contributed by atoms with Crippen LogP contribution in [0.3, 0.4) is 0 Å². The molecule has 3 rings (SSSR count). The number of amides is 2. The Morgan fingerprint density at radius 2 is 1.93 bits per heavy atom. The minimum atomic E-state index is -1.03. The van der Waals surface area contributed by atoms with Gasteiger partial charge in [0, 0.05) is 25.7 Å². The Morgan fingerprint density at radius 1 is 1.19 bits per heavy atom. The van der Waals surface area contributed by atoms with Crippen LogP contribution in [0.25, 0.3) is 0 Å². The van der Waals surface area contributed by atoms with Crippen molar-refractivity contribution in [1.82, 2.24) is 15.2 Å². The third kappa shape index (κ3) is 3.97. The van der Waals surface area contributed by atoms with Crippen molar-refractivity contribution >= 4 is 17.8 Å². The maximum atomic E-state index is 12.8. The quantitative estimate of drug-likeness (QED) is 0.805. The number of nitrogens with zero attached hydrogens (tertiary/aromatic N) is 2. The van der Waals surface area contributed by atoms with E-state index >= 15 is 0 Å². The van der Waals surface area contributed by atoms with Crippen LogP contribution in [0.2, 0.25) is 0 Å². The third-order valence-corrected chi connectivity index (χ3v) is 4.78. The van der Waals surface area contributed by atoms with Gasteiger partial charge in [0.05, 0.1) is 6.42 Å². The van der Waals surface area contributed by atoms with Gasteiger partial charge >= 0.3 is 5.97 Å². The van der Waals surface area contributed by atoms with Gasteiger partial charge in [0.25, 0.3) is 5.91 Å². The number of rotatable bonds is 6. The molecule has 140 valence electrons. The molecule has 0 unspecified atom stereocenters. The molecule has 0 aliphatic carbocycles. The molecule has 1 aromatic carbocycles. The van der Waals surface area contributed by atoms with Crippen molar-refractivity contribution in [1.29, 1.82) is 0 Å². The van der Waals surface area contributed by atoms with Crippen molar-refractivity contribution in [2.45, 2.75) is 24.8 Å². The highest BCUT2D eigenvalue weighted by atomic mass is 16.4. The average molecular weight is 367 g/mol. The topological polar surface area (TPSA) is 99.6 Å². The molecule has 1 aromatic heterocycles. The molecule has 27 heavy (non-hydrogen) atoms. The molecular formula is C20H21N3O4. The van der Waals surface area contributed by atoms with Crippen molar-refractivity contribution in [2.24, 2.45) is 0 Å². The van der Waals surface area contributed by atoms with E-state index in [4.69, 9.17) is 0 Å². The number of carboxylic acids is 1. The number of benzene rings is 1. The summed E-state index contributed by atoms with van der Waals surface area (Å²) >= 11 is 0. The van der Waals surface area contributed by atoms with E-state index in [1.54, 1.807) is 12.1 Å². The third-order valence-electron chi connectivity index (χ3n) is 4.78. The first kappa shape index (κ1) is 18.6. The summed E-state index contributed by atoms with van der Waals surface area (Å²) in [5, 5.41) is 12.2. The number of fused-ring (bicyclic) bond motifs is 1. The van der Waals surface area contributed by atoms with E-state index < -0.39 is 17.9 Å². The zero-order valence-electron chi connectivity index (χ0n) is 15.0. The molecule has 7 nitrogen and oxygen atoms in total. The fourth-order valence-electron chi connectivity index (χ4n) is 3.48. The molecule has 0 spiro atoms. The molecule has 2 heterocycles. The summed E-state index contributed by atoms with van der Waals surface area (Å²) < 4.78 is 0. The fraction of sp³-hybridized carbons (Fsp3) is 0.300. The molecule has 1 aliphatic rings. The van der Waals surface area contributed by atoms with Crippen LogP contribution in [-0.2, 0) is 16.0 Å². The van der Waals surface area contributed by atoms with E-state index in [0.29, 0.717) is 18.5 Å². The molecule has 0 fully saturated rings. The second-order valence-electron chi connectivity index (χ2n) is 6.53. The number of aromatic nitrogens is 1. The van der Waals surface area contributed by atoms with Gasteiger partial charge in [0.1, 0.15) is 11.7 Å². The minimum absolute atomic E-state index is 0.208. The standard InChI is InChI=1S/C20H21N3O4/c1-23-18(19(26)22-11-9-13-6-3-2-4-7-13)15(12-16(24)25)14-8-5-10-21-17(14)20(23)27/h2-8,10,15,18H,9,11-12H2,1H3,(H,22,26)(H,24,25)/t15-,18-/m0/s1. The van der Waals surface area contributed by atoms with Gasteiger partial charge in [-0.1, -0.05) is 36.4 Å². The van der Waals surface area contributed by atoms with Crippen molar-refractivity contribution in [2.75, 3.05) is 13.6 Å². The van der Waals surface area contributed by atoms with Gasteiger partial charge < -0.3 is 15.3 Å². The number of hydrogen-bond acceptors (Lipinski definition) is 4. The number of hydrogen-bond donors (Lipinski definition) is 2. The van der Waals surface area contributed by atoms with Crippen LogP contribution in [0, 0.1) is 0 Å². The highest BCUT2D eigenvalue weighted by Gasteiger charge is 2.43. The molecule has 0 saturated heterocycles. The molecular weight excluding hydrogens is 346 g/mol. The number of carboxylic acid groups (broad SMARTS) is 1. The molecule has 0 radical (unpaired) electrons. The predicted octanol–water partition coefficient (Wildman–Crippen LogP) is 1.45. The summed E-state index contributed by atoms with van der Waals surface area (Å²) in [5.41, 5.74) is 1.80. The lowest BCUT2D eigenvalue weighted by molar-refractivity contribution is -0.138. The Balaban J connectivity index is 1.79. The van der Waals surface area contributed by atoms with E-state index in [2.05, 4.69) is 10.3 Å². The number of likely N-dealkylation sites (N-methyl/N-ethyl adjacent to an activating group) is 1. The van der Waals surface area contributed by atoms with Crippen LogP contribution in [0.5, 0.6) is 0 Å². The summed E-state index contributed by atoms with van der Waals surface area (Å²) in [6, 6.07) is 12.2. The molecule has 2 N–H and O–H groups in total. The molecule has 7 heteroatoms. The van der Waals surface area contributed by atoms with Gasteiger partial charge in [-0.25, -0.2) is 0 Å². The zero-order chi connectivity index (χ0) is 19.4. The zero-order valence-corrected chi connectivity index (χ0v) is 15.0. The van der Waals surface area contributed by atoms with Crippen LogP contribution >= 0.6 is 0 Å². The molecule has 2 aromatic rings. The largest absolute Gasteiger partial charge is 0.481 e. The van der Waals surface area contributed by atoms with Gasteiger partial charge in [-0.2, -0.15) is 0 Å². The first-order valence-electron chi connectivity index (χ1n) is 8.74. The normalized spacial score (nSPS) is 18.7. The second kappa shape index (κ2) is 7.99. The van der Waals surface area contributed by atoms with Crippen molar-refractivity contribution in [3.63, 3.8) is 0 Å². The Morgan fingerprint density at radius 3 is 2.63 bits per heavy atom. The maximum absolute atomic E-state index is 12.8. The number of carbonyl (C=O) groups is 3. The second-order valence-corrected chi connectivity index (χ2v) is 6.53. The average Bonchev–Trinajstić information content (AvgIpc) is 2.66. The van der Waals surface area contributed by atoms with Gasteiger partial charge in [0.15, 0.2) is 0 Å². The number of carbonyl (C=O) groups excluding carboxylic acids is 2. The SMILES string of the molecule is CN1C(=O)c2ncccc2[C@H](CC(=O)O)[C@H]1C(=O)NCCc1ccccc1. The predicted molar refractivity (Wildman–Crippen MR) is 98.3 cm³/mol. The first-order chi connectivity index (χ1) is 13.0. The lowest BCUT2D eigenvalue weighted by Crippen LogP contribution is -2.54. The molecule has 0 saturated carbocycles. The monoisotopic (exact) mass is 367 g/mol. The van der Waals surface area contributed by atoms with Gasteiger partial charge in [0.2, 0.25) is 5.91 Å². The minimum Gasteiger partial charge on any atom is -0.481 e. The highest BCUT2D eigenvalue weighted by Crippen LogP contribution is 2.34. The Hall–Kier alpha value is -3.22. The summed E-state index contributed by atoms with van der Waals surface area (Å²) in [7, 11) is 1.51. The Kier molecular flexibility index (Phi) is 5.49. The molecule has 2 atom stereocenters. The summed E-state index contributed by atoms with van der Waals surface area (Å²) in [6.07, 6.45) is 1.88. The van der Waals surface area contributed by atoms with E-state index in [1.807, 2.05) is 30.3 Å². The van der Waals surface area contributed by atoms with E-state index in [0.717, 1.165) is 5.56 Å². The summed E-state index contributed by atoms with van der Waals surface area (Å²) in [6.45, 7) is 0.404. The number of aliphatic carboxylic acids is 1.